The standard InChI is InChI=1S/C21H26N2O5/c1-13-18(14(2)23(5)19(13)21(26)27-6)20(25)15(3)22(4)17(24)12-28-16-10-8-7-9-11-16/h7-11,15H,12H2,1-6H3/t15-/m1/s1. The number of hydrogen-bond acceptors (Lipinski definition) is 5. The van der Waals surface area contributed by atoms with Crippen molar-refractivity contribution >= 4 is 17.7 Å². The summed E-state index contributed by atoms with van der Waals surface area (Å²) < 4.78 is 11.9. The van der Waals surface area contributed by atoms with E-state index in [1.54, 1.807) is 51.6 Å². The van der Waals surface area contributed by atoms with E-state index < -0.39 is 12.0 Å². The molecular formula is C21H26N2O5. The fourth-order valence-corrected chi connectivity index (χ4v) is 3.09. The van der Waals surface area contributed by atoms with Crippen molar-refractivity contribution in [3.8, 4) is 5.75 Å². The first-order valence-corrected chi connectivity index (χ1v) is 8.92. The molecule has 7 heteroatoms. The zero-order valence-electron chi connectivity index (χ0n) is 17.1. The molecule has 0 unspecified atom stereocenters. The molecule has 0 fully saturated rings. The number of aromatic nitrogens is 1. The van der Waals surface area contributed by atoms with E-state index in [0.717, 1.165) is 0 Å². The SMILES string of the molecule is COC(=O)c1c(C)c(C(=O)[C@@H](C)N(C)C(=O)COc2ccccc2)c(C)n1C. The molecule has 1 heterocycles. The first kappa shape index (κ1) is 21.2. The summed E-state index contributed by atoms with van der Waals surface area (Å²) in [5.41, 5.74) is 1.96. The van der Waals surface area contributed by atoms with Gasteiger partial charge in [0.15, 0.2) is 12.4 Å². The van der Waals surface area contributed by atoms with Crippen LogP contribution in [-0.2, 0) is 16.6 Å². The van der Waals surface area contributed by atoms with Gasteiger partial charge in [-0.15, -0.1) is 0 Å². The van der Waals surface area contributed by atoms with Crippen molar-refractivity contribution in [1.29, 1.82) is 0 Å². The highest BCUT2D eigenvalue weighted by molar-refractivity contribution is 6.06. The number of likely N-dealkylation sites (N-methyl/N-ethyl adjacent to an activating group) is 1. The van der Waals surface area contributed by atoms with Crippen LogP contribution in [0.3, 0.4) is 0 Å². The molecule has 0 aliphatic carbocycles. The monoisotopic (exact) mass is 386 g/mol. The maximum absolute atomic E-state index is 13.1. The Bertz CT molecular complexity index is 886. The highest BCUT2D eigenvalue weighted by Crippen LogP contribution is 2.24. The van der Waals surface area contributed by atoms with Crippen molar-refractivity contribution in [2.45, 2.75) is 26.8 Å². The van der Waals surface area contributed by atoms with Crippen LogP contribution >= 0.6 is 0 Å². The summed E-state index contributed by atoms with van der Waals surface area (Å²) in [6.07, 6.45) is 0. The second kappa shape index (κ2) is 8.73. The lowest BCUT2D eigenvalue weighted by atomic mass is 10.00. The Kier molecular flexibility index (Phi) is 6.62. The lowest BCUT2D eigenvalue weighted by Crippen LogP contribution is -2.43. The molecule has 0 saturated carbocycles. The van der Waals surface area contributed by atoms with Crippen LogP contribution in [0.2, 0.25) is 0 Å². The maximum atomic E-state index is 13.1. The Morgan fingerprint density at radius 2 is 1.75 bits per heavy atom. The number of methoxy groups -OCH3 is 1. The predicted molar refractivity (Wildman–Crippen MR) is 105 cm³/mol. The van der Waals surface area contributed by atoms with Gasteiger partial charge in [-0.3, -0.25) is 9.59 Å². The van der Waals surface area contributed by atoms with Gasteiger partial charge in [-0.2, -0.15) is 0 Å². The van der Waals surface area contributed by atoms with E-state index in [1.807, 2.05) is 18.2 Å². The second-order valence-corrected chi connectivity index (χ2v) is 6.63. The van der Waals surface area contributed by atoms with Crippen molar-refractivity contribution in [1.82, 2.24) is 9.47 Å². The number of carbonyl (C=O) groups is 3. The summed E-state index contributed by atoms with van der Waals surface area (Å²) in [4.78, 5) is 38.9. The molecule has 0 radical (unpaired) electrons. The molecule has 1 amide bonds. The van der Waals surface area contributed by atoms with E-state index >= 15 is 0 Å². The van der Waals surface area contributed by atoms with Crippen LogP contribution in [0.15, 0.2) is 30.3 Å². The normalized spacial score (nSPS) is 11.6. The third kappa shape index (κ3) is 4.08. The average Bonchev–Trinajstić information content (AvgIpc) is 2.93. The Hall–Kier alpha value is -3.09. The number of nitrogens with zero attached hydrogens (tertiary/aromatic N) is 2. The van der Waals surface area contributed by atoms with Gasteiger partial charge in [0.25, 0.3) is 5.91 Å². The zero-order chi connectivity index (χ0) is 21.0. The van der Waals surface area contributed by atoms with Crippen LogP contribution in [0, 0.1) is 13.8 Å². The summed E-state index contributed by atoms with van der Waals surface area (Å²) in [5.74, 6) is -0.475. The lowest BCUT2D eigenvalue weighted by Gasteiger charge is -2.24. The number of para-hydroxylation sites is 1. The number of carbonyl (C=O) groups excluding carboxylic acids is 3. The van der Waals surface area contributed by atoms with E-state index in [4.69, 9.17) is 9.47 Å². The lowest BCUT2D eigenvalue weighted by molar-refractivity contribution is -0.133. The Balaban J connectivity index is 2.17. The van der Waals surface area contributed by atoms with Gasteiger partial charge in [0.2, 0.25) is 0 Å². The Morgan fingerprint density at radius 3 is 2.32 bits per heavy atom. The van der Waals surface area contributed by atoms with Gasteiger partial charge in [0, 0.05) is 25.4 Å². The molecule has 28 heavy (non-hydrogen) atoms. The molecule has 0 bridgehead atoms. The van der Waals surface area contributed by atoms with Crippen molar-refractivity contribution < 1.29 is 23.9 Å². The minimum absolute atomic E-state index is 0.168. The van der Waals surface area contributed by atoms with Crippen LogP contribution < -0.4 is 4.74 Å². The third-order valence-electron chi connectivity index (χ3n) is 5.01. The smallest absolute Gasteiger partial charge is 0.354 e. The van der Waals surface area contributed by atoms with Gasteiger partial charge >= 0.3 is 5.97 Å². The minimum atomic E-state index is -0.711. The predicted octanol–water partition coefficient (Wildman–Crippen LogP) is 2.54. The van der Waals surface area contributed by atoms with E-state index in [2.05, 4.69) is 0 Å². The van der Waals surface area contributed by atoms with Crippen LogP contribution in [0.5, 0.6) is 5.75 Å². The summed E-state index contributed by atoms with van der Waals surface area (Å²) in [5, 5.41) is 0. The molecule has 0 aliphatic heterocycles. The van der Waals surface area contributed by atoms with Crippen LogP contribution in [0.25, 0.3) is 0 Å². The molecule has 0 N–H and O–H groups in total. The number of esters is 1. The number of amides is 1. The molecule has 1 aromatic carbocycles. The topological polar surface area (TPSA) is 77.8 Å². The molecule has 0 saturated heterocycles. The zero-order valence-corrected chi connectivity index (χ0v) is 17.1. The van der Waals surface area contributed by atoms with Gasteiger partial charge in [0.05, 0.1) is 13.2 Å². The second-order valence-electron chi connectivity index (χ2n) is 6.63. The van der Waals surface area contributed by atoms with Crippen molar-refractivity contribution in [2.75, 3.05) is 20.8 Å². The molecule has 2 aromatic rings. The summed E-state index contributed by atoms with van der Waals surface area (Å²) in [6.45, 7) is 4.96. The van der Waals surface area contributed by atoms with Crippen molar-refractivity contribution in [3.05, 3.63) is 52.8 Å². The third-order valence-corrected chi connectivity index (χ3v) is 5.01. The highest BCUT2D eigenvalue weighted by atomic mass is 16.5. The molecule has 150 valence electrons. The molecule has 2 rings (SSSR count). The van der Waals surface area contributed by atoms with Gasteiger partial charge < -0.3 is 18.9 Å². The summed E-state index contributed by atoms with van der Waals surface area (Å²) in [7, 11) is 4.57. The van der Waals surface area contributed by atoms with Gasteiger partial charge in [0.1, 0.15) is 11.4 Å². The molecule has 0 spiro atoms. The minimum Gasteiger partial charge on any atom is -0.484 e. The van der Waals surface area contributed by atoms with Crippen LogP contribution in [-0.4, -0.2) is 53.9 Å². The number of ketones is 1. The largest absolute Gasteiger partial charge is 0.484 e. The average molecular weight is 386 g/mol. The first-order chi connectivity index (χ1) is 13.2. The maximum Gasteiger partial charge on any atom is 0.354 e. The molecular weight excluding hydrogens is 360 g/mol. The van der Waals surface area contributed by atoms with Gasteiger partial charge in [-0.05, 0) is 38.5 Å². The van der Waals surface area contributed by atoms with E-state index in [9.17, 15) is 14.4 Å². The first-order valence-electron chi connectivity index (χ1n) is 8.92. The number of rotatable bonds is 7. The summed E-state index contributed by atoms with van der Waals surface area (Å²) >= 11 is 0. The highest BCUT2D eigenvalue weighted by Gasteiger charge is 2.30. The fourth-order valence-electron chi connectivity index (χ4n) is 3.09. The Morgan fingerprint density at radius 1 is 1.14 bits per heavy atom. The Labute approximate surface area is 164 Å². The molecule has 7 nitrogen and oxygen atoms in total. The van der Waals surface area contributed by atoms with E-state index in [1.165, 1.54) is 12.0 Å². The van der Waals surface area contributed by atoms with Crippen LogP contribution in [0.1, 0.15) is 39.0 Å². The quantitative estimate of drug-likeness (QED) is 0.540. The molecule has 1 atom stereocenters. The summed E-state index contributed by atoms with van der Waals surface area (Å²) in [6, 6.07) is 8.29. The van der Waals surface area contributed by atoms with Gasteiger partial charge in [-0.1, -0.05) is 18.2 Å². The van der Waals surface area contributed by atoms with Crippen LogP contribution in [0.4, 0.5) is 0 Å². The van der Waals surface area contributed by atoms with E-state index in [0.29, 0.717) is 28.3 Å². The van der Waals surface area contributed by atoms with E-state index in [-0.39, 0.29) is 18.3 Å². The molecule has 1 aromatic heterocycles. The molecule has 0 aliphatic rings. The fraction of sp³-hybridized carbons (Fsp3) is 0.381. The number of ether oxygens (including phenoxy) is 2. The number of hydrogen-bond donors (Lipinski definition) is 0. The van der Waals surface area contributed by atoms with Crippen molar-refractivity contribution in [3.63, 3.8) is 0 Å². The van der Waals surface area contributed by atoms with Crippen molar-refractivity contribution in [2.24, 2.45) is 7.05 Å². The number of Topliss-reactive ketones (excluding diaryl/α,β-unsaturated/α-hetero) is 1. The number of benzene rings is 1. The van der Waals surface area contributed by atoms with Gasteiger partial charge in [-0.25, -0.2) is 4.79 Å².